The van der Waals surface area contributed by atoms with Crippen molar-refractivity contribution in [1.82, 2.24) is 0 Å². The van der Waals surface area contributed by atoms with Gasteiger partial charge in [0.1, 0.15) is 52.3 Å². The van der Waals surface area contributed by atoms with Gasteiger partial charge in [-0.3, -0.25) is 0 Å². The normalized spacial score (nSPS) is 9.64. The molecule has 0 saturated carbocycles. The lowest BCUT2D eigenvalue weighted by atomic mass is 10.1. The molecule has 5 nitrogen and oxygen atoms in total. The fourth-order valence-electron chi connectivity index (χ4n) is 4.54. The van der Waals surface area contributed by atoms with Gasteiger partial charge >= 0.3 is 0 Å². The van der Waals surface area contributed by atoms with Crippen LogP contribution in [-0.2, 0) is 0 Å². The molecule has 20 heteroatoms. The van der Waals surface area contributed by atoms with E-state index in [0.717, 1.165) is 56.4 Å². The zero-order valence-electron chi connectivity index (χ0n) is 36.5. The number of hydrogen-bond donors (Lipinski definition) is 0. The van der Waals surface area contributed by atoms with Crippen molar-refractivity contribution in [1.29, 1.82) is 0 Å². The molecule has 0 aliphatic rings. The lowest BCUT2D eigenvalue weighted by molar-refractivity contribution is 0.330. The molecule has 5 rings (SSSR count). The topological polar surface area (TPSA) is 46.2 Å². The molecule has 5 aromatic carbocycles. The van der Waals surface area contributed by atoms with Crippen molar-refractivity contribution >= 4 is 29.1 Å². The zero-order valence-corrected chi connectivity index (χ0v) is 36.5. The highest BCUT2D eigenvalue weighted by Gasteiger charge is 2.27. The zero-order chi connectivity index (χ0) is 52.0. The van der Waals surface area contributed by atoms with Crippen molar-refractivity contribution in [2.24, 2.45) is 0 Å². The molecule has 0 atom stereocenters. The fraction of sp³-hybridized carbons (Fsp3) is 0.149. The molecular weight excluding hydrogens is 929 g/mol. The summed E-state index contributed by atoms with van der Waals surface area (Å²) in [4.78, 5) is 0. The van der Waals surface area contributed by atoms with Crippen LogP contribution in [-0.4, -0.2) is 35.5 Å². The summed E-state index contributed by atoms with van der Waals surface area (Å²) in [6.45, 7) is 18.3. The molecule has 0 aliphatic heterocycles. The molecule has 67 heavy (non-hydrogen) atoms. The van der Waals surface area contributed by atoms with Gasteiger partial charge in [-0.15, -0.1) is 0 Å². The van der Waals surface area contributed by atoms with E-state index in [1.807, 2.05) is 13.8 Å². The summed E-state index contributed by atoms with van der Waals surface area (Å²) in [7, 11) is 5.98. The van der Waals surface area contributed by atoms with Crippen LogP contribution in [0.5, 0.6) is 28.7 Å². The van der Waals surface area contributed by atoms with Gasteiger partial charge in [-0.25, -0.2) is 52.7 Å². The second-order valence-corrected chi connectivity index (χ2v) is 11.8. The van der Waals surface area contributed by atoms with Crippen molar-refractivity contribution in [3.63, 3.8) is 0 Å². The van der Waals surface area contributed by atoms with E-state index in [4.69, 9.17) is 4.74 Å². The largest absolute Gasteiger partial charge is 0.497 e. The standard InChI is InChI=1S/C9H5F5O.3C9H7F3O.C9H9FO.C2H6/c1-3(10)4-5(11)7(13)9(15-2)8(14)6(4)12;1-5(10)9-7(11)3-6(13-2)4-8(9)12;1-5(10)6-3-7(11)9(13-2)8(12)4-6;1-5(10)6-3-4-7(13-2)9(12)8(6)11;1-7(10)8-3-5-9(11-2)6-4-8;1-2/h1H2,2H3;3*3-4H,1H2,2H3;3-6H,1H2,2H3;1-2H3. The van der Waals surface area contributed by atoms with Crippen LogP contribution in [0.2, 0.25) is 0 Å². The molecule has 0 aliphatic carbocycles. The lowest BCUT2D eigenvalue weighted by Gasteiger charge is -2.08. The Morgan fingerprint density at radius 2 is 0.776 bits per heavy atom. The van der Waals surface area contributed by atoms with Gasteiger partial charge < -0.3 is 23.7 Å². The second-order valence-electron chi connectivity index (χ2n) is 11.8. The Morgan fingerprint density at radius 1 is 0.358 bits per heavy atom. The molecule has 5 aromatic rings. The molecule has 0 fully saturated rings. The van der Waals surface area contributed by atoms with Crippen LogP contribution < -0.4 is 23.7 Å². The van der Waals surface area contributed by atoms with Crippen molar-refractivity contribution in [3.05, 3.63) is 180 Å². The Labute approximate surface area is 375 Å². The Kier molecular flexibility index (Phi) is 25.5. The smallest absolute Gasteiger partial charge is 0.204 e. The average molecular weight is 971 g/mol. The van der Waals surface area contributed by atoms with Gasteiger partial charge in [0.2, 0.25) is 17.5 Å². The minimum Gasteiger partial charge on any atom is -0.497 e. The highest BCUT2D eigenvalue weighted by Crippen LogP contribution is 2.33. The summed E-state index contributed by atoms with van der Waals surface area (Å²) in [5, 5.41) is 0. The van der Waals surface area contributed by atoms with Crippen LogP contribution >= 0.6 is 0 Å². The number of hydrogen-bond acceptors (Lipinski definition) is 5. The molecule has 0 spiro atoms. The third-order valence-electron chi connectivity index (χ3n) is 7.70. The first kappa shape index (κ1) is 59.8. The molecular formula is C47H41F15O5. The Hall–Kier alpha value is -7.25. The highest BCUT2D eigenvalue weighted by molar-refractivity contribution is 5.61. The minimum absolute atomic E-state index is 0.000000000000000444. The van der Waals surface area contributed by atoms with Crippen molar-refractivity contribution in [2.45, 2.75) is 13.8 Å². The second kappa shape index (κ2) is 28.6. The molecule has 0 amide bonds. The summed E-state index contributed by atoms with van der Waals surface area (Å²) in [6, 6.07) is 12.3. The maximum atomic E-state index is 13.0. The number of halogens is 15. The average Bonchev–Trinajstić information content (AvgIpc) is 3.27. The van der Waals surface area contributed by atoms with Gasteiger partial charge in [0.05, 0.1) is 46.7 Å². The van der Waals surface area contributed by atoms with E-state index >= 15 is 0 Å². The number of methoxy groups -OCH3 is 5. The van der Waals surface area contributed by atoms with Gasteiger partial charge in [-0.2, -0.15) is 13.2 Å². The van der Waals surface area contributed by atoms with Gasteiger partial charge in [0.25, 0.3) is 0 Å². The quantitative estimate of drug-likeness (QED) is 0.103. The van der Waals surface area contributed by atoms with Crippen molar-refractivity contribution < 1.29 is 89.5 Å². The molecule has 0 bridgehead atoms. The van der Waals surface area contributed by atoms with E-state index in [0.29, 0.717) is 5.56 Å². The molecule has 0 unspecified atom stereocenters. The summed E-state index contributed by atoms with van der Waals surface area (Å²) in [5.74, 6) is -20.2. The van der Waals surface area contributed by atoms with Crippen LogP contribution in [0.25, 0.3) is 29.1 Å². The fourth-order valence-corrected chi connectivity index (χ4v) is 4.54. The number of ether oxygens (including phenoxy) is 5. The summed E-state index contributed by atoms with van der Waals surface area (Å²) >= 11 is 0. The molecule has 0 aromatic heterocycles. The molecule has 0 saturated heterocycles. The van der Waals surface area contributed by atoms with Crippen LogP contribution in [0, 0.1) is 58.2 Å². The summed E-state index contributed by atoms with van der Waals surface area (Å²) in [5.41, 5.74) is -2.44. The van der Waals surface area contributed by atoms with E-state index in [2.05, 4.69) is 51.8 Å². The molecule has 0 N–H and O–H groups in total. The summed E-state index contributed by atoms with van der Waals surface area (Å²) < 4.78 is 214. The maximum absolute atomic E-state index is 13.0. The number of rotatable bonds is 10. The van der Waals surface area contributed by atoms with E-state index < -0.39 is 115 Å². The Bertz CT molecular complexity index is 2450. The van der Waals surface area contributed by atoms with Crippen molar-refractivity contribution in [2.75, 3.05) is 35.5 Å². The Balaban J connectivity index is 0.000000807. The third-order valence-corrected chi connectivity index (χ3v) is 7.70. The van der Waals surface area contributed by atoms with E-state index in [1.165, 1.54) is 14.2 Å². The first-order valence-electron chi connectivity index (χ1n) is 18.2. The predicted octanol–water partition coefficient (Wildman–Crippen LogP) is 15.6. The van der Waals surface area contributed by atoms with Crippen LogP contribution in [0.1, 0.15) is 41.7 Å². The molecule has 0 radical (unpaired) electrons. The SMILES string of the molecule is C=C(F)c1c(F)c(F)c(OC)c(F)c1F.C=C(F)c1c(F)cc(OC)cc1F.C=C(F)c1cc(F)c(OC)c(F)c1.C=C(F)c1ccc(OC)c(F)c1F.C=C(F)c1ccc(OC)cc1.CC. The summed E-state index contributed by atoms with van der Waals surface area (Å²) in [6.07, 6.45) is 0. The van der Waals surface area contributed by atoms with Crippen LogP contribution in [0.3, 0.4) is 0 Å². The molecule has 364 valence electrons. The van der Waals surface area contributed by atoms with Gasteiger partial charge in [-0.05, 0) is 48.5 Å². The van der Waals surface area contributed by atoms with Crippen LogP contribution in [0.4, 0.5) is 65.9 Å². The first-order chi connectivity index (χ1) is 31.3. The van der Waals surface area contributed by atoms with Crippen molar-refractivity contribution in [3.8, 4) is 28.7 Å². The third kappa shape index (κ3) is 16.9. The van der Waals surface area contributed by atoms with Gasteiger partial charge in [-0.1, -0.05) is 46.7 Å². The highest BCUT2D eigenvalue weighted by atomic mass is 19.2. The monoisotopic (exact) mass is 970 g/mol. The maximum Gasteiger partial charge on any atom is 0.204 e. The first-order valence-corrected chi connectivity index (χ1v) is 18.2. The van der Waals surface area contributed by atoms with E-state index in [1.54, 1.807) is 31.4 Å². The predicted molar refractivity (Wildman–Crippen MR) is 227 cm³/mol. The van der Waals surface area contributed by atoms with Gasteiger partial charge in [0, 0.05) is 28.8 Å². The minimum atomic E-state index is -1.88. The number of benzene rings is 5. The van der Waals surface area contributed by atoms with E-state index in [9.17, 15) is 65.9 Å². The van der Waals surface area contributed by atoms with E-state index in [-0.39, 0.29) is 17.1 Å². The molecule has 0 heterocycles. The van der Waals surface area contributed by atoms with Crippen LogP contribution in [0.15, 0.2) is 93.6 Å². The lowest BCUT2D eigenvalue weighted by Crippen LogP contribution is -2.04. The van der Waals surface area contributed by atoms with Gasteiger partial charge in [0.15, 0.2) is 46.3 Å². The Morgan fingerprint density at radius 3 is 1.10 bits per heavy atom.